The SMILES string of the molecule is CC(CCO)NC(=O)c1ccc(S(=O)(=O)NC2CC2)cc1. The van der Waals surface area contributed by atoms with Gasteiger partial charge in [0.05, 0.1) is 4.90 Å². The van der Waals surface area contributed by atoms with Crippen LogP contribution in [0.4, 0.5) is 0 Å². The lowest BCUT2D eigenvalue weighted by atomic mass is 10.2. The van der Waals surface area contributed by atoms with E-state index in [1.807, 2.05) is 0 Å². The maximum Gasteiger partial charge on any atom is 0.251 e. The predicted molar refractivity (Wildman–Crippen MR) is 78.4 cm³/mol. The van der Waals surface area contributed by atoms with Crippen LogP contribution in [0.25, 0.3) is 0 Å². The molecule has 0 saturated heterocycles. The van der Waals surface area contributed by atoms with E-state index in [9.17, 15) is 13.2 Å². The quantitative estimate of drug-likeness (QED) is 0.688. The second kappa shape index (κ2) is 6.55. The van der Waals surface area contributed by atoms with E-state index in [0.29, 0.717) is 12.0 Å². The van der Waals surface area contributed by atoms with Crippen molar-refractivity contribution in [3.8, 4) is 0 Å². The standard InChI is InChI=1S/C14H20N2O4S/c1-10(8-9-17)15-14(18)11-2-6-13(7-3-11)21(19,20)16-12-4-5-12/h2-3,6-7,10,12,16-17H,4-5,8-9H2,1H3,(H,15,18). The molecule has 6 nitrogen and oxygen atoms in total. The monoisotopic (exact) mass is 312 g/mol. The summed E-state index contributed by atoms with van der Waals surface area (Å²) in [4.78, 5) is 12.1. The van der Waals surface area contributed by atoms with Crippen molar-refractivity contribution in [2.45, 2.75) is 43.2 Å². The molecule has 1 aromatic rings. The van der Waals surface area contributed by atoms with Gasteiger partial charge in [0.2, 0.25) is 10.0 Å². The largest absolute Gasteiger partial charge is 0.396 e. The molecule has 1 fully saturated rings. The van der Waals surface area contributed by atoms with E-state index >= 15 is 0 Å². The van der Waals surface area contributed by atoms with Crippen molar-refractivity contribution in [1.29, 1.82) is 0 Å². The van der Waals surface area contributed by atoms with Gasteiger partial charge in [-0.05, 0) is 50.5 Å². The summed E-state index contributed by atoms with van der Waals surface area (Å²) in [6.45, 7) is 1.80. The Morgan fingerprint density at radius 2 is 1.95 bits per heavy atom. The summed E-state index contributed by atoms with van der Waals surface area (Å²) in [5.74, 6) is -0.282. The Bertz CT molecular complexity index is 594. The highest BCUT2D eigenvalue weighted by Gasteiger charge is 2.27. The minimum atomic E-state index is -3.49. The molecular weight excluding hydrogens is 292 g/mol. The van der Waals surface area contributed by atoms with E-state index in [1.54, 1.807) is 6.92 Å². The molecule has 1 atom stereocenters. The number of sulfonamides is 1. The lowest BCUT2D eigenvalue weighted by Crippen LogP contribution is -2.33. The Morgan fingerprint density at radius 1 is 1.33 bits per heavy atom. The molecule has 0 bridgehead atoms. The van der Waals surface area contributed by atoms with Gasteiger partial charge in [0, 0.05) is 24.3 Å². The third-order valence-electron chi connectivity index (χ3n) is 3.27. The summed E-state index contributed by atoms with van der Waals surface area (Å²) >= 11 is 0. The summed E-state index contributed by atoms with van der Waals surface area (Å²) in [5, 5.41) is 11.5. The van der Waals surface area contributed by atoms with Gasteiger partial charge in [-0.15, -0.1) is 0 Å². The summed E-state index contributed by atoms with van der Waals surface area (Å²) < 4.78 is 26.6. The first-order chi connectivity index (χ1) is 9.92. The van der Waals surface area contributed by atoms with Crippen LogP contribution in [0.2, 0.25) is 0 Å². The molecule has 0 radical (unpaired) electrons. The molecule has 1 unspecified atom stereocenters. The third-order valence-corrected chi connectivity index (χ3v) is 4.80. The van der Waals surface area contributed by atoms with Gasteiger partial charge < -0.3 is 10.4 Å². The zero-order chi connectivity index (χ0) is 15.5. The van der Waals surface area contributed by atoms with Crippen LogP contribution < -0.4 is 10.0 Å². The number of rotatable bonds is 7. The number of benzene rings is 1. The second-order valence-corrected chi connectivity index (χ2v) is 7.02. The maximum absolute atomic E-state index is 12.0. The van der Waals surface area contributed by atoms with Gasteiger partial charge in [0.15, 0.2) is 0 Å². The molecule has 0 spiro atoms. The van der Waals surface area contributed by atoms with Crippen molar-refractivity contribution < 1.29 is 18.3 Å². The van der Waals surface area contributed by atoms with Gasteiger partial charge in [0.25, 0.3) is 5.91 Å². The molecule has 1 aliphatic carbocycles. The smallest absolute Gasteiger partial charge is 0.251 e. The lowest BCUT2D eigenvalue weighted by molar-refractivity contribution is 0.0934. The van der Waals surface area contributed by atoms with Crippen LogP contribution in [-0.2, 0) is 10.0 Å². The first-order valence-electron chi connectivity index (χ1n) is 6.96. The molecule has 1 aliphatic rings. The van der Waals surface area contributed by atoms with Gasteiger partial charge in [0.1, 0.15) is 0 Å². The number of carbonyl (C=O) groups is 1. The van der Waals surface area contributed by atoms with Crippen molar-refractivity contribution in [3.05, 3.63) is 29.8 Å². The van der Waals surface area contributed by atoms with Gasteiger partial charge >= 0.3 is 0 Å². The Balaban J connectivity index is 2.02. The molecule has 21 heavy (non-hydrogen) atoms. The van der Waals surface area contributed by atoms with Gasteiger partial charge in [-0.2, -0.15) is 0 Å². The molecule has 7 heteroatoms. The van der Waals surface area contributed by atoms with E-state index in [4.69, 9.17) is 5.11 Å². The van der Waals surface area contributed by atoms with Gasteiger partial charge in [-0.1, -0.05) is 0 Å². The molecule has 0 aliphatic heterocycles. The number of hydrogen-bond donors (Lipinski definition) is 3. The summed E-state index contributed by atoms with van der Waals surface area (Å²) in [6, 6.07) is 5.75. The van der Waals surface area contributed by atoms with Gasteiger partial charge in [-0.3, -0.25) is 4.79 Å². The Morgan fingerprint density at radius 3 is 2.48 bits per heavy atom. The lowest BCUT2D eigenvalue weighted by Gasteiger charge is -2.12. The van der Waals surface area contributed by atoms with Crippen molar-refractivity contribution >= 4 is 15.9 Å². The zero-order valence-corrected chi connectivity index (χ0v) is 12.7. The summed E-state index contributed by atoms with van der Waals surface area (Å²) in [6.07, 6.45) is 2.23. The molecule has 3 N–H and O–H groups in total. The number of amides is 1. The van der Waals surface area contributed by atoms with E-state index in [-0.39, 0.29) is 29.5 Å². The normalized spacial score (nSPS) is 16.5. The predicted octanol–water partition coefficient (Wildman–Crippen LogP) is 0.628. The highest BCUT2D eigenvalue weighted by atomic mass is 32.2. The Kier molecular flexibility index (Phi) is 4.97. The van der Waals surface area contributed by atoms with Crippen LogP contribution in [0.5, 0.6) is 0 Å². The third kappa shape index (κ3) is 4.52. The summed E-state index contributed by atoms with van der Waals surface area (Å²) in [5.41, 5.74) is 0.394. The second-order valence-electron chi connectivity index (χ2n) is 5.31. The first kappa shape index (κ1) is 15.9. The van der Waals surface area contributed by atoms with Crippen molar-refractivity contribution in [3.63, 3.8) is 0 Å². The first-order valence-corrected chi connectivity index (χ1v) is 8.45. The highest BCUT2D eigenvalue weighted by molar-refractivity contribution is 7.89. The summed E-state index contributed by atoms with van der Waals surface area (Å²) in [7, 11) is -3.49. The van der Waals surface area contributed by atoms with E-state index < -0.39 is 10.0 Å². The number of carbonyl (C=O) groups excluding carboxylic acids is 1. The molecule has 2 rings (SSSR count). The Hall–Kier alpha value is -1.44. The Labute approximate surface area is 124 Å². The minimum Gasteiger partial charge on any atom is -0.396 e. The van der Waals surface area contributed by atoms with Gasteiger partial charge in [-0.25, -0.2) is 13.1 Å². The minimum absolute atomic E-state index is 0.00542. The molecule has 116 valence electrons. The van der Waals surface area contributed by atoms with Crippen LogP contribution in [-0.4, -0.2) is 38.1 Å². The number of aliphatic hydroxyl groups excluding tert-OH is 1. The average molecular weight is 312 g/mol. The maximum atomic E-state index is 12.0. The van der Waals surface area contributed by atoms with E-state index in [1.165, 1.54) is 24.3 Å². The van der Waals surface area contributed by atoms with Crippen LogP contribution >= 0.6 is 0 Å². The fourth-order valence-corrected chi connectivity index (χ4v) is 3.15. The fourth-order valence-electron chi connectivity index (χ4n) is 1.85. The van der Waals surface area contributed by atoms with Crippen molar-refractivity contribution in [2.75, 3.05) is 6.61 Å². The molecule has 1 saturated carbocycles. The fraction of sp³-hybridized carbons (Fsp3) is 0.500. The number of aliphatic hydroxyl groups is 1. The zero-order valence-electron chi connectivity index (χ0n) is 11.9. The average Bonchev–Trinajstić information content (AvgIpc) is 3.22. The number of hydrogen-bond acceptors (Lipinski definition) is 4. The van der Waals surface area contributed by atoms with E-state index in [2.05, 4.69) is 10.0 Å². The van der Waals surface area contributed by atoms with Crippen LogP contribution in [0.15, 0.2) is 29.2 Å². The number of nitrogens with one attached hydrogen (secondary N) is 2. The topological polar surface area (TPSA) is 95.5 Å². The van der Waals surface area contributed by atoms with Crippen molar-refractivity contribution in [2.24, 2.45) is 0 Å². The van der Waals surface area contributed by atoms with Crippen LogP contribution in [0.1, 0.15) is 36.5 Å². The highest BCUT2D eigenvalue weighted by Crippen LogP contribution is 2.22. The molecule has 1 aromatic carbocycles. The molecular formula is C14H20N2O4S. The van der Waals surface area contributed by atoms with Crippen LogP contribution in [0.3, 0.4) is 0 Å². The van der Waals surface area contributed by atoms with E-state index in [0.717, 1.165) is 12.8 Å². The molecule has 1 amide bonds. The van der Waals surface area contributed by atoms with Crippen molar-refractivity contribution in [1.82, 2.24) is 10.0 Å². The molecule has 0 aromatic heterocycles. The van der Waals surface area contributed by atoms with Crippen LogP contribution in [0, 0.1) is 0 Å². The molecule has 0 heterocycles.